The van der Waals surface area contributed by atoms with Crippen molar-refractivity contribution in [2.75, 3.05) is 13.1 Å². The molecule has 0 aromatic carbocycles. The van der Waals surface area contributed by atoms with Crippen molar-refractivity contribution in [3.63, 3.8) is 0 Å². The van der Waals surface area contributed by atoms with E-state index in [9.17, 15) is 19.5 Å². The number of carboxylic acids is 1. The SMILES string of the molecule is CCCCCCCC1CC(N[C@@H](CCCCN)C(=O)N2CCC[C@H]2C(=O)O)C(=O)O1. The van der Waals surface area contributed by atoms with E-state index < -0.39 is 24.1 Å². The van der Waals surface area contributed by atoms with Gasteiger partial charge in [-0.15, -0.1) is 0 Å². The van der Waals surface area contributed by atoms with Gasteiger partial charge >= 0.3 is 11.9 Å². The number of hydrogen-bond donors (Lipinski definition) is 3. The number of carbonyl (C=O) groups excluding carboxylic acids is 2. The molecule has 2 rings (SSSR count). The Kier molecular flexibility index (Phi) is 10.6. The molecule has 172 valence electrons. The fourth-order valence-electron chi connectivity index (χ4n) is 4.44. The molecule has 30 heavy (non-hydrogen) atoms. The average Bonchev–Trinajstić information content (AvgIpc) is 3.34. The number of unbranched alkanes of at least 4 members (excludes halogenated alkanes) is 5. The lowest BCUT2D eigenvalue weighted by Gasteiger charge is -2.28. The second kappa shape index (κ2) is 12.9. The minimum atomic E-state index is -0.968. The van der Waals surface area contributed by atoms with E-state index in [4.69, 9.17) is 10.5 Å². The van der Waals surface area contributed by atoms with Crippen LogP contribution < -0.4 is 11.1 Å². The summed E-state index contributed by atoms with van der Waals surface area (Å²) in [4.78, 5) is 38.5. The summed E-state index contributed by atoms with van der Waals surface area (Å²) in [6, 6.07) is -1.87. The van der Waals surface area contributed by atoms with Crippen LogP contribution in [0.2, 0.25) is 0 Å². The predicted octanol–water partition coefficient (Wildman–Crippen LogP) is 2.19. The number of likely N-dealkylation sites (tertiary alicyclic amines) is 1. The maximum atomic E-state index is 13.1. The number of nitrogens with one attached hydrogen (secondary N) is 1. The first-order valence-corrected chi connectivity index (χ1v) is 11.7. The molecule has 2 aliphatic heterocycles. The quantitative estimate of drug-likeness (QED) is 0.288. The van der Waals surface area contributed by atoms with Crippen LogP contribution in [0.3, 0.4) is 0 Å². The number of nitrogens with zero attached hydrogens (tertiary/aromatic N) is 1. The molecule has 2 heterocycles. The molecular formula is C22H39N3O5. The van der Waals surface area contributed by atoms with Crippen LogP contribution >= 0.6 is 0 Å². The average molecular weight is 426 g/mol. The number of amides is 1. The number of hydrogen-bond acceptors (Lipinski definition) is 6. The summed E-state index contributed by atoms with van der Waals surface area (Å²) in [6.45, 7) is 3.16. The zero-order chi connectivity index (χ0) is 21.9. The monoisotopic (exact) mass is 425 g/mol. The summed E-state index contributed by atoms with van der Waals surface area (Å²) in [5, 5.41) is 12.6. The van der Waals surface area contributed by atoms with E-state index >= 15 is 0 Å². The molecular weight excluding hydrogens is 386 g/mol. The van der Waals surface area contributed by atoms with Crippen molar-refractivity contribution in [1.82, 2.24) is 10.2 Å². The van der Waals surface area contributed by atoms with Crippen LogP contribution in [-0.4, -0.2) is 65.2 Å². The van der Waals surface area contributed by atoms with Gasteiger partial charge in [0.1, 0.15) is 18.2 Å². The van der Waals surface area contributed by atoms with Gasteiger partial charge in [-0.05, 0) is 45.1 Å². The van der Waals surface area contributed by atoms with Crippen molar-refractivity contribution >= 4 is 17.8 Å². The summed E-state index contributed by atoms with van der Waals surface area (Å²) in [7, 11) is 0. The summed E-state index contributed by atoms with van der Waals surface area (Å²) < 4.78 is 5.53. The van der Waals surface area contributed by atoms with Gasteiger partial charge in [-0.2, -0.15) is 0 Å². The Labute approximate surface area is 179 Å². The second-order valence-corrected chi connectivity index (χ2v) is 8.58. The molecule has 0 spiro atoms. The molecule has 2 unspecified atom stereocenters. The number of carboxylic acid groups (broad SMARTS) is 1. The van der Waals surface area contributed by atoms with Crippen LogP contribution in [0.5, 0.6) is 0 Å². The van der Waals surface area contributed by atoms with E-state index in [1.807, 2.05) is 0 Å². The van der Waals surface area contributed by atoms with E-state index in [2.05, 4.69) is 12.2 Å². The first-order chi connectivity index (χ1) is 14.5. The number of ether oxygens (including phenoxy) is 1. The molecule has 1 amide bonds. The molecule has 0 radical (unpaired) electrons. The van der Waals surface area contributed by atoms with Gasteiger partial charge in [0.05, 0.1) is 6.04 Å². The number of carbonyl (C=O) groups is 3. The Morgan fingerprint density at radius 3 is 2.70 bits per heavy atom. The van der Waals surface area contributed by atoms with Gasteiger partial charge in [0.25, 0.3) is 0 Å². The molecule has 0 aliphatic carbocycles. The zero-order valence-electron chi connectivity index (χ0n) is 18.3. The Hall–Kier alpha value is -1.67. The van der Waals surface area contributed by atoms with Gasteiger partial charge in [0.15, 0.2) is 0 Å². The van der Waals surface area contributed by atoms with Crippen LogP contribution in [0.4, 0.5) is 0 Å². The smallest absolute Gasteiger partial charge is 0.326 e. The van der Waals surface area contributed by atoms with Crippen LogP contribution in [-0.2, 0) is 19.1 Å². The number of esters is 1. The number of aliphatic carboxylic acids is 1. The van der Waals surface area contributed by atoms with Crippen LogP contribution in [0.1, 0.15) is 84.0 Å². The third-order valence-electron chi connectivity index (χ3n) is 6.16. The number of nitrogens with two attached hydrogens (primary N) is 1. The van der Waals surface area contributed by atoms with Gasteiger partial charge in [0, 0.05) is 13.0 Å². The highest BCUT2D eigenvalue weighted by molar-refractivity contribution is 5.88. The van der Waals surface area contributed by atoms with Gasteiger partial charge in [-0.3, -0.25) is 14.9 Å². The van der Waals surface area contributed by atoms with Gasteiger partial charge < -0.3 is 20.5 Å². The van der Waals surface area contributed by atoms with E-state index in [-0.39, 0.29) is 18.0 Å². The number of cyclic esters (lactones) is 1. The van der Waals surface area contributed by atoms with Gasteiger partial charge in [-0.1, -0.05) is 39.0 Å². The van der Waals surface area contributed by atoms with Crippen LogP contribution in [0, 0.1) is 0 Å². The molecule has 0 aromatic rings. The molecule has 4 N–H and O–H groups in total. The summed E-state index contributed by atoms with van der Waals surface area (Å²) in [5.41, 5.74) is 5.59. The first-order valence-electron chi connectivity index (χ1n) is 11.7. The normalized spacial score (nSPS) is 24.8. The minimum absolute atomic E-state index is 0.102. The topological polar surface area (TPSA) is 122 Å². The molecule has 4 atom stereocenters. The second-order valence-electron chi connectivity index (χ2n) is 8.58. The first kappa shape index (κ1) is 24.6. The molecule has 0 aromatic heterocycles. The Morgan fingerprint density at radius 2 is 2.00 bits per heavy atom. The molecule has 0 saturated carbocycles. The summed E-state index contributed by atoms with van der Waals surface area (Å²) in [6.07, 6.45) is 10.4. The maximum absolute atomic E-state index is 13.1. The highest BCUT2D eigenvalue weighted by atomic mass is 16.6. The van der Waals surface area contributed by atoms with Crippen LogP contribution in [0.15, 0.2) is 0 Å². The van der Waals surface area contributed by atoms with Gasteiger partial charge in [-0.25, -0.2) is 4.79 Å². The van der Waals surface area contributed by atoms with E-state index in [1.54, 1.807) is 0 Å². The number of rotatable bonds is 14. The molecule has 0 bridgehead atoms. The van der Waals surface area contributed by atoms with E-state index in [0.29, 0.717) is 38.8 Å². The van der Waals surface area contributed by atoms with Crippen molar-refractivity contribution < 1.29 is 24.2 Å². The Morgan fingerprint density at radius 1 is 1.23 bits per heavy atom. The highest BCUT2D eigenvalue weighted by Gasteiger charge is 2.40. The van der Waals surface area contributed by atoms with Crippen LogP contribution in [0.25, 0.3) is 0 Å². The van der Waals surface area contributed by atoms with E-state index in [1.165, 1.54) is 24.2 Å². The largest absolute Gasteiger partial charge is 0.480 e. The summed E-state index contributed by atoms with van der Waals surface area (Å²) in [5.74, 6) is -1.50. The van der Waals surface area contributed by atoms with Crippen molar-refractivity contribution in [2.45, 2.75) is 108 Å². The highest BCUT2D eigenvalue weighted by Crippen LogP contribution is 2.24. The molecule has 2 fully saturated rings. The molecule has 2 aliphatic rings. The standard InChI is InChI=1S/C22H39N3O5/c1-2-3-4-5-6-10-16-15-18(22(29)30-16)24-17(11-7-8-13-23)20(26)25-14-9-12-19(25)21(27)28/h16-19,24H,2-15,23H2,1H3,(H,27,28)/t16?,17-,18?,19-/m0/s1. The Balaban J connectivity index is 1.92. The Bertz CT molecular complexity index is 571. The minimum Gasteiger partial charge on any atom is -0.480 e. The van der Waals surface area contributed by atoms with Gasteiger partial charge in [0.2, 0.25) is 5.91 Å². The lowest BCUT2D eigenvalue weighted by molar-refractivity contribution is -0.149. The lowest BCUT2D eigenvalue weighted by Crippen LogP contribution is -2.53. The van der Waals surface area contributed by atoms with Crippen molar-refractivity contribution in [3.8, 4) is 0 Å². The lowest BCUT2D eigenvalue weighted by atomic mass is 10.0. The maximum Gasteiger partial charge on any atom is 0.326 e. The van der Waals surface area contributed by atoms with Crippen molar-refractivity contribution in [1.29, 1.82) is 0 Å². The van der Waals surface area contributed by atoms with Crippen molar-refractivity contribution in [2.24, 2.45) is 5.73 Å². The third kappa shape index (κ3) is 7.23. The summed E-state index contributed by atoms with van der Waals surface area (Å²) >= 11 is 0. The zero-order valence-corrected chi connectivity index (χ0v) is 18.3. The molecule has 8 heteroatoms. The van der Waals surface area contributed by atoms with E-state index in [0.717, 1.165) is 32.1 Å². The fourth-order valence-corrected chi connectivity index (χ4v) is 4.44. The molecule has 8 nitrogen and oxygen atoms in total. The molecule has 2 saturated heterocycles. The predicted molar refractivity (Wildman–Crippen MR) is 114 cm³/mol. The van der Waals surface area contributed by atoms with Crippen molar-refractivity contribution in [3.05, 3.63) is 0 Å². The fraction of sp³-hybridized carbons (Fsp3) is 0.864. The third-order valence-corrected chi connectivity index (χ3v) is 6.16.